The van der Waals surface area contributed by atoms with E-state index in [1.54, 1.807) is 0 Å². The van der Waals surface area contributed by atoms with E-state index in [1.807, 2.05) is 0 Å². The molecule has 0 aliphatic carbocycles. The molecule has 0 fully saturated rings. The van der Waals surface area contributed by atoms with Gasteiger partial charge in [-0.1, -0.05) is 29.8 Å². The van der Waals surface area contributed by atoms with Gasteiger partial charge in [-0.2, -0.15) is 0 Å². The zero-order chi connectivity index (χ0) is 10.6. The first-order chi connectivity index (χ1) is 6.65. The van der Waals surface area contributed by atoms with Gasteiger partial charge in [-0.15, -0.1) is 11.6 Å². The third-order valence-electron chi connectivity index (χ3n) is 2.38. The van der Waals surface area contributed by atoms with E-state index in [0.29, 0.717) is 5.88 Å². The normalized spacial score (nSPS) is 11.9. The van der Waals surface area contributed by atoms with E-state index in [1.165, 1.54) is 22.3 Å². The molecule has 1 rings (SSSR count). The van der Waals surface area contributed by atoms with Crippen molar-refractivity contribution in [1.29, 1.82) is 0 Å². The maximum Gasteiger partial charge on any atom is 0.0258 e. The van der Waals surface area contributed by atoms with Gasteiger partial charge in [-0.3, -0.25) is 0 Å². The first-order valence-corrected chi connectivity index (χ1v) is 5.49. The molecule has 0 unspecified atom stereocenters. The van der Waals surface area contributed by atoms with Crippen molar-refractivity contribution < 1.29 is 0 Å². The Hall–Kier alpha value is -0.750. The molecular formula is C13H17Cl. The molecular weight excluding hydrogens is 192 g/mol. The molecule has 0 aromatic heterocycles. The van der Waals surface area contributed by atoms with E-state index in [9.17, 15) is 0 Å². The Morgan fingerprint density at radius 3 is 2.71 bits per heavy atom. The Kier molecular flexibility index (Phi) is 4.21. The molecule has 1 heteroatoms. The number of hydrogen-bond donors (Lipinski definition) is 0. The highest BCUT2D eigenvalue weighted by atomic mass is 35.5. The summed E-state index contributed by atoms with van der Waals surface area (Å²) < 4.78 is 0. The zero-order valence-corrected chi connectivity index (χ0v) is 9.86. The molecule has 0 saturated heterocycles. The van der Waals surface area contributed by atoms with Crippen LogP contribution in [0, 0.1) is 13.8 Å². The average molecular weight is 209 g/mol. The molecule has 14 heavy (non-hydrogen) atoms. The van der Waals surface area contributed by atoms with Crippen LogP contribution in [0.2, 0.25) is 0 Å². The lowest BCUT2D eigenvalue weighted by atomic mass is 9.99. The molecule has 0 N–H and O–H groups in total. The number of allylic oxidation sites excluding steroid dienone is 2. The number of halogens is 1. The minimum atomic E-state index is 0.697. The summed E-state index contributed by atoms with van der Waals surface area (Å²) in [5, 5.41) is 0. The molecule has 0 radical (unpaired) electrons. The number of hydrogen-bond acceptors (Lipinski definition) is 0. The number of alkyl halides is 1. The molecule has 0 bridgehead atoms. The van der Waals surface area contributed by atoms with Crippen LogP contribution in [0.15, 0.2) is 24.3 Å². The van der Waals surface area contributed by atoms with Crippen molar-refractivity contribution in [3.63, 3.8) is 0 Å². The summed E-state index contributed by atoms with van der Waals surface area (Å²) in [5.74, 6) is 0.697. The summed E-state index contributed by atoms with van der Waals surface area (Å²) in [7, 11) is 0. The first-order valence-electron chi connectivity index (χ1n) is 4.95. The Labute approximate surface area is 91.6 Å². The van der Waals surface area contributed by atoms with Gasteiger partial charge >= 0.3 is 0 Å². The van der Waals surface area contributed by atoms with E-state index in [0.717, 1.165) is 6.42 Å². The third kappa shape index (κ3) is 2.88. The lowest BCUT2D eigenvalue weighted by Crippen LogP contribution is -1.87. The van der Waals surface area contributed by atoms with Crippen LogP contribution in [-0.2, 0) is 0 Å². The second-order valence-electron chi connectivity index (χ2n) is 3.68. The van der Waals surface area contributed by atoms with Gasteiger partial charge in [0.25, 0.3) is 0 Å². The lowest BCUT2D eigenvalue weighted by Gasteiger charge is -2.07. The molecule has 0 aliphatic rings. The predicted molar refractivity (Wildman–Crippen MR) is 64.9 cm³/mol. The summed E-state index contributed by atoms with van der Waals surface area (Å²) in [5.41, 5.74) is 5.31. The van der Waals surface area contributed by atoms with Crippen molar-refractivity contribution >= 4 is 17.2 Å². The Morgan fingerprint density at radius 1 is 1.36 bits per heavy atom. The van der Waals surface area contributed by atoms with Crippen molar-refractivity contribution in [1.82, 2.24) is 0 Å². The van der Waals surface area contributed by atoms with E-state index in [2.05, 4.69) is 45.0 Å². The van der Waals surface area contributed by atoms with E-state index < -0.39 is 0 Å². The topological polar surface area (TPSA) is 0 Å². The minimum absolute atomic E-state index is 0.697. The molecule has 0 atom stereocenters. The number of rotatable bonds is 3. The van der Waals surface area contributed by atoms with Crippen molar-refractivity contribution in [2.24, 2.45) is 0 Å². The van der Waals surface area contributed by atoms with Gasteiger partial charge in [-0.05, 0) is 43.9 Å². The molecule has 76 valence electrons. The predicted octanol–water partition coefficient (Wildman–Crippen LogP) is 4.34. The summed E-state index contributed by atoms with van der Waals surface area (Å²) in [4.78, 5) is 0. The molecule has 1 aromatic carbocycles. The van der Waals surface area contributed by atoms with Crippen LogP contribution in [0.25, 0.3) is 5.57 Å². The molecule has 0 amide bonds. The summed E-state index contributed by atoms with van der Waals surface area (Å²) >= 11 is 5.66. The van der Waals surface area contributed by atoms with Gasteiger partial charge in [0.05, 0.1) is 0 Å². The van der Waals surface area contributed by atoms with Gasteiger partial charge in [-0.25, -0.2) is 0 Å². The van der Waals surface area contributed by atoms with Crippen LogP contribution in [-0.4, -0.2) is 5.88 Å². The fourth-order valence-electron chi connectivity index (χ4n) is 1.54. The van der Waals surface area contributed by atoms with Crippen LogP contribution >= 0.6 is 11.6 Å². The molecule has 0 spiro atoms. The standard InChI is InChI=1S/C13H17Cl/c1-10-6-7-12(3)13(9-10)11(2)5-4-8-14/h5-7,9H,4,8H2,1-3H3/b11-5+. The SMILES string of the molecule is C/C(=C\CCCl)c1cc(C)ccc1C. The van der Waals surface area contributed by atoms with Crippen LogP contribution in [0.1, 0.15) is 30.0 Å². The monoisotopic (exact) mass is 208 g/mol. The van der Waals surface area contributed by atoms with Crippen molar-refractivity contribution in [2.75, 3.05) is 5.88 Å². The first kappa shape index (κ1) is 11.3. The van der Waals surface area contributed by atoms with Gasteiger partial charge < -0.3 is 0 Å². The van der Waals surface area contributed by atoms with Crippen LogP contribution in [0.4, 0.5) is 0 Å². The van der Waals surface area contributed by atoms with E-state index in [4.69, 9.17) is 11.6 Å². The number of aryl methyl sites for hydroxylation is 2. The Bertz CT molecular complexity index is 337. The minimum Gasteiger partial charge on any atom is -0.126 e. The van der Waals surface area contributed by atoms with Gasteiger partial charge in [0.2, 0.25) is 0 Å². The molecule has 0 heterocycles. The van der Waals surface area contributed by atoms with Crippen molar-refractivity contribution in [3.8, 4) is 0 Å². The quantitative estimate of drug-likeness (QED) is 0.649. The lowest BCUT2D eigenvalue weighted by molar-refractivity contribution is 1.23. The second-order valence-corrected chi connectivity index (χ2v) is 4.06. The van der Waals surface area contributed by atoms with E-state index >= 15 is 0 Å². The third-order valence-corrected chi connectivity index (χ3v) is 2.60. The number of benzene rings is 1. The summed E-state index contributed by atoms with van der Waals surface area (Å²) in [6.07, 6.45) is 3.15. The van der Waals surface area contributed by atoms with Gasteiger partial charge in [0.1, 0.15) is 0 Å². The van der Waals surface area contributed by atoms with Gasteiger partial charge in [0.15, 0.2) is 0 Å². The maximum atomic E-state index is 5.66. The van der Waals surface area contributed by atoms with Crippen LogP contribution in [0.5, 0.6) is 0 Å². The Balaban J connectivity index is 2.99. The molecule has 0 aliphatic heterocycles. The fraction of sp³-hybridized carbons (Fsp3) is 0.385. The van der Waals surface area contributed by atoms with E-state index in [-0.39, 0.29) is 0 Å². The van der Waals surface area contributed by atoms with Crippen LogP contribution < -0.4 is 0 Å². The van der Waals surface area contributed by atoms with Crippen molar-refractivity contribution in [2.45, 2.75) is 27.2 Å². The molecule has 0 saturated carbocycles. The fourth-order valence-corrected chi connectivity index (χ4v) is 1.65. The average Bonchev–Trinajstić information content (AvgIpc) is 2.18. The highest BCUT2D eigenvalue weighted by molar-refractivity contribution is 6.17. The molecule has 0 nitrogen and oxygen atoms in total. The summed E-state index contributed by atoms with van der Waals surface area (Å²) in [6, 6.07) is 6.55. The summed E-state index contributed by atoms with van der Waals surface area (Å²) in [6.45, 7) is 6.42. The highest BCUT2D eigenvalue weighted by Gasteiger charge is 1.99. The highest BCUT2D eigenvalue weighted by Crippen LogP contribution is 2.20. The smallest absolute Gasteiger partial charge is 0.0258 e. The largest absolute Gasteiger partial charge is 0.126 e. The van der Waals surface area contributed by atoms with Gasteiger partial charge in [0, 0.05) is 5.88 Å². The zero-order valence-electron chi connectivity index (χ0n) is 9.10. The Morgan fingerprint density at radius 2 is 2.07 bits per heavy atom. The molecule has 1 aromatic rings. The maximum absolute atomic E-state index is 5.66. The van der Waals surface area contributed by atoms with Crippen LogP contribution in [0.3, 0.4) is 0 Å². The van der Waals surface area contributed by atoms with Crippen molar-refractivity contribution in [3.05, 3.63) is 41.0 Å². The second kappa shape index (κ2) is 5.21.